The standard InChI is InChI=1S/C25H31FN2O7S2/c1-18-15-28(19(2)17-29)37(32,33)25-11-10-20(7-6-12-34-4)13-23(25)35-24(18)16-27(3)36(30,31)22-9-5-8-21(26)14-22/h5,8-11,13-14,18-19,24,29H,12,15-17H2,1-4H3/t18-,19-,24+/m0/s1. The molecule has 37 heavy (non-hydrogen) atoms. The molecule has 0 spiro atoms. The average molecular weight is 555 g/mol. The predicted molar refractivity (Wildman–Crippen MR) is 135 cm³/mol. The van der Waals surface area contributed by atoms with Crippen LogP contribution < -0.4 is 4.74 Å². The molecular weight excluding hydrogens is 523 g/mol. The quantitative estimate of drug-likeness (QED) is 0.520. The van der Waals surface area contributed by atoms with Crippen LogP contribution in [0, 0.1) is 23.6 Å². The van der Waals surface area contributed by atoms with Crippen molar-refractivity contribution in [1.29, 1.82) is 0 Å². The van der Waals surface area contributed by atoms with E-state index in [2.05, 4.69) is 11.8 Å². The van der Waals surface area contributed by atoms with Gasteiger partial charge in [-0.1, -0.05) is 24.8 Å². The van der Waals surface area contributed by atoms with E-state index in [0.29, 0.717) is 5.56 Å². The largest absolute Gasteiger partial charge is 0.487 e. The Morgan fingerprint density at radius 2 is 2.03 bits per heavy atom. The lowest BCUT2D eigenvalue weighted by Gasteiger charge is -2.37. The number of ether oxygens (including phenoxy) is 2. The molecule has 202 valence electrons. The highest BCUT2D eigenvalue weighted by Crippen LogP contribution is 2.34. The van der Waals surface area contributed by atoms with Crippen LogP contribution in [0.3, 0.4) is 0 Å². The molecule has 0 saturated heterocycles. The highest BCUT2D eigenvalue weighted by atomic mass is 32.2. The summed E-state index contributed by atoms with van der Waals surface area (Å²) < 4.78 is 80.4. The van der Waals surface area contributed by atoms with E-state index in [4.69, 9.17) is 9.47 Å². The Kier molecular flexibility index (Phi) is 9.33. The summed E-state index contributed by atoms with van der Waals surface area (Å²) in [5.74, 6) is 4.53. The first-order chi connectivity index (χ1) is 17.4. The van der Waals surface area contributed by atoms with Gasteiger partial charge in [0.05, 0.1) is 18.0 Å². The number of nitrogens with zero attached hydrogens (tertiary/aromatic N) is 2. The number of halogens is 1. The van der Waals surface area contributed by atoms with E-state index in [1.54, 1.807) is 19.9 Å². The van der Waals surface area contributed by atoms with Crippen molar-refractivity contribution in [1.82, 2.24) is 8.61 Å². The third kappa shape index (κ3) is 6.49. The second-order valence-electron chi connectivity index (χ2n) is 8.88. The molecule has 12 heteroatoms. The van der Waals surface area contributed by atoms with Gasteiger partial charge in [0, 0.05) is 38.2 Å². The van der Waals surface area contributed by atoms with Crippen molar-refractivity contribution in [2.24, 2.45) is 5.92 Å². The molecule has 0 aromatic heterocycles. The van der Waals surface area contributed by atoms with Gasteiger partial charge in [0.25, 0.3) is 0 Å². The normalized spacial score (nSPS) is 20.6. The van der Waals surface area contributed by atoms with Crippen molar-refractivity contribution in [2.75, 3.05) is 40.5 Å². The molecule has 2 aromatic rings. The number of benzene rings is 2. The Morgan fingerprint density at radius 3 is 2.68 bits per heavy atom. The lowest BCUT2D eigenvalue weighted by Crippen LogP contribution is -2.50. The summed E-state index contributed by atoms with van der Waals surface area (Å²) in [6, 6.07) is 8.40. The third-order valence-electron chi connectivity index (χ3n) is 6.06. The fourth-order valence-electron chi connectivity index (χ4n) is 3.89. The number of methoxy groups -OCH3 is 1. The van der Waals surface area contributed by atoms with Gasteiger partial charge in [0.2, 0.25) is 20.0 Å². The maximum atomic E-state index is 13.7. The van der Waals surface area contributed by atoms with Crippen LogP contribution in [0.1, 0.15) is 19.4 Å². The summed E-state index contributed by atoms with van der Waals surface area (Å²) >= 11 is 0. The molecule has 3 atom stereocenters. The van der Waals surface area contributed by atoms with Crippen LogP contribution in [0.5, 0.6) is 5.75 Å². The first-order valence-electron chi connectivity index (χ1n) is 11.5. The van der Waals surface area contributed by atoms with Gasteiger partial charge < -0.3 is 14.6 Å². The second-order valence-corrected chi connectivity index (χ2v) is 12.8. The summed E-state index contributed by atoms with van der Waals surface area (Å²) in [6.45, 7) is 2.96. The van der Waals surface area contributed by atoms with Crippen LogP contribution in [0.15, 0.2) is 52.3 Å². The lowest BCUT2D eigenvalue weighted by atomic mass is 10.0. The minimum Gasteiger partial charge on any atom is -0.487 e. The molecule has 1 N–H and O–H groups in total. The molecule has 1 aliphatic rings. The van der Waals surface area contributed by atoms with Gasteiger partial charge in [-0.05, 0) is 43.3 Å². The summed E-state index contributed by atoms with van der Waals surface area (Å²) in [5.41, 5.74) is 0.487. The van der Waals surface area contributed by atoms with E-state index < -0.39 is 50.5 Å². The van der Waals surface area contributed by atoms with Crippen LogP contribution in [0.2, 0.25) is 0 Å². The maximum Gasteiger partial charge on any atom is 0.247 e. The minimum atomic E-state index is -4.06. The number of aliphatic hydroxyl groups excluding tert-OH is 1. The molecule has 0 saturated carbocycles. The van der Waals surface area contributed by atoms with E-state index in [9.17, 15) is 26.3 Å². The van der Waals surface area contributed by atoms with Gasteiger partial charge >= 0.3 is 0 Å². The highest BCUT2D eigenvalue weighted by molar-refractivity contribution is 7.89. The summed E-state index contributed by atoms with van der Waals surface area (Å²) in [5, 5.41) is 9.76. The fourth-order valence-corrected chi connectivity index (χ4v) is 6.93. The van der Waals surface area contributed by atoms with Crippen molar-refractivity contribution in [3.05, 3.63) is 53.8 Å². The van der Waals surface area contributed by atoms with E-state index >= 15 is 0 Å². The third-order valence-corrected chi connectivity index (χ3v) is 9.90. The van der Waals surface area contributed by atoms with Crippen LogP contribution >= 0.6 is 0 Å². The molecule has 3 rings (SSSR count). The van der Waals surface area contributed by atoms with Crippen LogP contribution in [0.25, 0.3) is 0 Å². The molecule has 1 heterocycles. The Morgan fingerprint density at radius 1 is 1.30 bits per heavy atom. The number of hydrogen-bond acceptors (Lipinski definition) is 7. The number of sulfonamides is 2. The van der Waals surface area contributed by atoms with Crippen LogP contribution in [-0.2, 0) is 24.8 Å². The molecule has 0 fully saturated rings. The molecule has 9 nitrogen and oxygen atoms in total. The van der Waals surface area contributed by atoms with Gasteiger partial charge in [-0.3, -0.25) is 0 Å². The molecule has 0 radical (unpaired) electrons. The average Bonchev–Trinajstić information content (AvgIpc) is 2.85. The van der Waals surface area contributed by atoms with Gasteiger partial charge in [0.15, 0.2) is 0 Å². The summed E-state index contributed by atoms with van der Waals surface area (Å²) in [7, 11) is -5.26. The number of hydrogen-bond donors (Lipinski definition) is 1. The Bertz CT molecular complexity index is 1390. The molecule has 2 aromatic carbocycles. The first-order valence-corrected chi connectivity index (χ1v) is 14.4. The topological polar surface area (TPSA) is 113 Å². The van der Waals surface area contributed by atoms with Crippen molar-refractivity contribution < 1.29 is 35.8 Å². The molecule has 0 unspecified atom stereocenters. The zero-order valence-electron chi connectivity index (χ0n) is 21.1. The van der Waals surface area contributed by atoms with Crippen molar-refractivity contribution >= 4 is 20.0 Å². The fraction of sp³-hybridized carbons (Fsp3) is 0.440. The maximum absolute atomic E-state index is 13.7. The van der Waals surface area contributed by atoms with Gasteiger partial charge in [-0.25, -0.2) is 21.2 Å². The number of rotatable bonds is 7. The molecule has 0 bridgehead atoms. The number of aliphatic hydroxyl groups is 1. The van der Waals surface area contributed by atoms with Crippen molar-refractivity contribution in [3.8, 4) is 17.6 Å². The second kappa shape index (κ2) is 11.9. The van der Waals surface area contributed by atoms with Gasteiger partial charge in [-0.15, -0.1) is 0 Å². The lowest BCUT2D eigenvalue weighted by molar-refractivity contribution is 0.0904. The zero-order valence-corrected chi connectivity index (χ0v) is 22.7. The van der Waals surface area contributed by atoms with Crippen molar-refractivity contribution in [3.63, 3.8) is 0 Å². The monoisotopic (exact) mass is 554 g/mol. The molecule has 0 aliphatic carbocycles. The van der Waals surface area contributed by atoms with Crippen LogP contribution in [0.4, 0.5) is 4.39 Å². The minimum absolute atomic E-state index is 0.0165. The Balaban J connectivity index is 2.05. The molecular formula is C25H31FN2O7S2. The Hall–Kier alpha value is -2.53. The highest BCUT2D eigenvalue weighted by Gasteiger charge is 2.39. The SMILES string of the molecule is COCC#Cc1ccc2c(c1)O[C@H](CN(C)S(=O)(=O)c1cccc(F)c1)[C@@H](C)CN([C@@H](C)CO)S2(=O)=O. The number of likely N-dealkylation sites (N-methyl/N-ethyl adjacent to an activating group) is 1. The van der Waals surface area contributed by atoms with Gasteiger partial charge in [0.1, 0.15) is 29.2 Å². The number of fused-ring (bicyclic) bond motifs is 1. The smallest absolute Gasteiger partial charge is 0.247 e. The Labute approximate surface area is 217 Å². The predicted octanol–water partition coefficient (Wildman–Crippen LogP) is 1.91. The zero-order chi connectivity index (χ0) is 27.4. The van der Waals surface area contributed by atoms with E-state index in [1.807, 2.05) is 0 Å². The molecule has 0 amide bonds. The summed E-state index contributed by atoms with van der Waals surface area (Å²) in [4.78, 5) is -0.319. The van der Waals surface area contributed by atoms with E-state index in [1.165, 1.54) is 42.7 Å². The van der Waals surface area contributed by atoms with E-state index in [0.717, 1.165) is 16.4 Å². The first kappa shape index (κ1) is 29.0. The molecule has 1 aliphatic heterocycles. The van der Waals surface area contributed by atoms with Crippen molar-refractivity contribution in [2.45, 2.75) is 35.8 Å². The summed E-state index contributed by atoms with van der Waals surface area (Å²) in [6.07, 6.45) is -0.779. The van der Waals surface area contributed by atoms with Crippen LogP contribution in [-0.4, -0.2) is 83.2 Å². The van der Waals surface area contributed by atoms with E-state index in [-0.39, 0.29) is 35.2 Å². The van der Waals surface area contributed by atoms with Gasteiger partial charge in [-0.2, -0.15) is 8.61 Å².